The first kappa shape index (κ1) is 21.1. The molecule has 2 aromatic carbocycles. The number of sulfone groups is 1. The number of hydrogen-bond donors (Lipinski definition) is 3. The van der Waals surface area contributed by atoms with E-state index < -0.39 is 44.5 Å². The average molecular weight is 428 g/mol. The number of amides is 1. The fourth-order valence-corrected chi connectivity index (χ4v) is 5.23. The van der Waals surface area contributed by atoms with Crippen molar-refractivity contribution in [1.82, 2.24) is 0 Å². The van der Waals surface area contributed by atoms with Crippen molar-refractivity contribution >= 4 is 27.1 Å². The number of nitrogens with one attached hydrogen (secondary N) is 1. The van der Waals surface area contributed by atoms with Gasteiger partial charge in [-0.1, -0.05) is 0 Å². The zero-order valence-corrected chi connectivity index (χ0v) is 16.0. The molecule has 0 aromatic heterocycles. The number of nitrogen functional groups attached to an aromatic ring is 1. The number of benzene rings is 2. The molecular formula is C19H19F3N2O4S. The molecule has 0 saturated heterocycles. The van der Waals surface area contributed by atoms with Crippen LogP contribution in [0.25, 0.3) is 0 Å². The Labute approximate surface area is 165 Å². The third-order valence-corrected chi connectivity index (χ3v) is 7.22. The van der Waals surface area contributed by atoms with Crippen LogP contribution in [0.1, 0.15) is 36.0 Å². The van der Waals surface area contributed by atoms with Gasteiger partial charge in [-0.05, 0) is 43.9 Å². The highest BCUT2D eigenvalue weighted by atomic mass is 32.2. The maximum absolute atomic E-state index is 13.3. The van der Waals surface area contributed by atoms with E-state index in [-0.39, 0.29) is 34.7 Å². The first-order valence-corrected chi connectivity index (χ1v) is 10.4. The minimum atomic E-state index is -3.85. The molecule has 4 N–H and O–H groups in total. The van der Waals surface area contributed by atoms with Gasteiger partial charge in [-0.25, -0.2) is 21.6 Å². The van der Waals surface area contributed by atoms with Gasteiger partial charge in [-0.3, -0.25) is 4.79 Å². The second-order valence-electron chi connectivity index (χ2n) is 6.94. The topological polar surface area (TPSA) is 109 Å². The first-order valence-electron chi connectivity index (χ1n) is 8.87. The zero-order valence-electron chi connectivity index (χ0n) is 15.2. The Morgan fingerprint density at radius 3 is 2.21 bits per heavy atom. The van der Waals surface area contributed by atoms with Crippen molar-refractivity contribution < 1.29 is 31.5 Å². The van der Waals surface area contributed by atoms with Gasteiger partial charge >= 0.3 is 0 Å². The summed E-state index contributed by atoms with van der Waals surface area (Å²) in [7, 11) is -3.85. The minimum Gasteiger partial charge on any atom is -0.398 e. The predicted molar refractivity (Wildman–Crippen MR) is 101 cm³/mol. The summed E-state index contributed by atoms with van der Waals surface area (Å²) in [6.07, 6.45) is 0.714. The summed E-state index contributed by atoms with van der Waals surface area (Å²) in [5.41, 5.74) is 5.36. The van der Waals surface area contributed by atoms with Crippen LogP contribution in [0.15, 0.2) is 35.2 Å². The molecule has 1 amide bonds. The summed E-state index contributed by atoms with van der Waals surface area (Å²) in [6, 6.07) is 4.84. The summed E-state index contributed by atoms with van der Waals surface area (Å²) in [5, 5.41) is 11.0. The molecule has 1 aliphatic rings. The van der Waals surface area contributed by atoms with Crippen LogP contribution in [0, 0.1) is 17.5 Å². The maximum Gasteiger partial charge on any atom is 0.255 e. The summed E-state index contributed by atoms with van der Waals surface area (Å²) >= 11 is 0. The number of aliphatic hydroxyl groups is 1. The van der Waals surface area contributed by atoms with Crippen LogP contribution in [0.2, 0.25) is 0 Å². The molecule has 156 valence electrons. The van der Waals surface area contributed by atoms with Crippen molar-refractivity contribution in [3.05, 3.63) is 53.3 Å². The number of aliphatic hydroxyl groups excluding tert-OH is 1. The van der Waals surface area contributed by atoms with E-state index in [0.29, 0.717) is 25.0 Å². The van der Waals surface area contributed by atoms with Crippen LogP contribution in [0.5, 0.6) is 0 Å². The van der Waals surface area contributed by atoms with E-state index in [1.54, 1.807) is 0 Å². The predicted octanol–water partition coefficient (Wildman–Crippen LogP) is 3.02. The van der Waals surface area contributed by atoms with E-state index in [9.17, 15) is 31.5 Å². The smallest absolute Gasteiger partial charge is 0.255 e. The second-order valence-corrected chi connectivity index (χ2v) is 9.13. The number of halogens is 3. The normalized spacial score (nSPS) is 19.7. The van der Waals surface area contributed by atoms with Crippen LogP contribution >= 0.6 is 0 Å². The molecule has 10 heteroatoms. The third-order valence-electron chi connectivity index (χ3n) is 4.91. The highest BCUT2D eigenvalue weighted by molar-refractivity contribution is 7.92. The van der Waals surface area contributed by atoms with Crippen molar-refractivity contribution in [2.75, 3.05) is 11.1 Å². The Morgan fingerprint density at radius 2 is 1.62 bits per heavy atom. The Balaban J connectivity index is 1.87. The number of nitrogens with two attached hydrogens (primary N) is 1. The van der Waals surface area contributed by atoms with Gasteiger partial charge in [0.25, 0.3) is 5.91 Å². The molecular weight excluding hydrogens is 409 g/mol. The molecule has 0 aliphatic heterocycles. The fraction of sp³-hybridized carbons (Fsp3) is 0.316. The average Bonchev–Trinajstić information content (AvgIpc) is 2.66. The highest BCUT2D eigenvalue weighted by Gasteiger charge is 2.33. The molecule has 1 aliphatic carbocycles. The van der Waals surface area contributed by atoms with Gasteiger partial charge in [0.15, 0.2) is 27.3 Å². The molecule has 29 heavy (non-hydrogen) atoms. The van der Waals surface area contributed by atoms with E-state index >= 15 is 0 Å². The molecule has 2 aromatic rings. The summed E-state index contributed by atoms with van der Waals surface area (Å²) in [5.74, 6) is -5.45. The van der Waals surface area contributed by atoms with E-state index in [2.05, 4.69) is 5.32 Å². The zero-order chi connectivity index (χ0) is 21.3. The number of carbonyl (C=O) groups is 1. The largest absolute Gasteiger partial charge is 0.398 e. The number of hydrogen-bond acceptors (Lipinski definition) is 5. The van der Waals surface area contributed by atoms with Crippen LogP contribution in [0.3, 0.4) is 0 Å². The van der Waals surface area contributed by atoms with Gasteiger partial charge in [0.1, 0.15) is 0 Å². The monoisotopic (exact) mass is 428 g/mol. The lowest BCUT2D eigenvalue weighted by atomic mass is 9.97. The van der Waals surface area contributed by atoms with Crippen molar-refractivity contribution in [2.24, 2.45) is 0 Å². The molecule has 0 heterocycles. The Morgan fingerprint density at radius 1 is 1.03 bits per heavy atom. The Kier molecular flexibility index (Phi) is 5.85. The molecule has 0 unspecified atom stereocenters. The molecule has 6 nitrogen and oxygen atoms in total. The van der Waals surface area contributed by atoms with E-state index in [0.717, 1.165) is 6.07 Å². The Hall–Kier alpha value is -2.59. The minimum absolute atomic E-state index is 0.0356. The number of rotatable bonds is 4. The van der Waals surface area contributed by atoms with Crippen LogP contribution in [-0.4, -0.2) is 30.8 Å². The maximum atomic E-state index is 13.3. The summed E-state index contributed by atoms with van der Waals surface area (Å²) in [4.78, 5) is 12.2. The van der Waals surface area contributed by atoms with Crippen molar-refractivity contribution in [1.29, 1.82) is 0 Å². The lowest BCUT2D eigenvalue weighted by molar-refractivity contribution is 0.102. The fourth-order valence-electron chi connectivity index (χ4n) is 3.29. The van der Waals surface area contributed by atoms with Gasteiger partial charge in [0, 0.05) is 23.4 Å². The standard InChI is InChI=1S/C19H19F3N2O4S/c20-14-8-11(9-15(21)18(14)22)24-19(26)10-1-6-16(23)17(7-10)29(27,28)13-4-2-12(25)3-5-13/h1,6-9,12-13,25H,2-5,23H2,(H,24,26)/t12-,13-. The van der Waals surface area contributed by atoms with E-state index in [4.69, 9.17) is 5.73 Å². The molecule has 1 fully saturated rings. The highest BCUT2D eigenvalue weighted by Crippen LogP contribution is 2.32. The molecule has 1 saturated carbocycles. The molecule has 0 atom stereocenters. The van der Waals surface area contributed by atoms with Crippen molar-refractivity contribution in [3.63, 3.8) is 0 Å². The van der Waals surface area contributed by atoms with E-state index in [1.807, 2.05) is 0 Å². The molecule has 0 radical (unpaired) electrons. The van der Waals surface area contributed by atoms with E-state index in [1.165, 1.54) is 12.1 Å². The summed E-state index contributed by atoms with van der Waals surface area (Å²) in [6.45, 7) is 0. The van der Waals surface area contributed by atoms with Gasteiger partial charge in [0.05, 0.1) is 21.9 Å². The molecule has 0 spiro atoms. The Bertz CT molecular complexity index is 1030. The van der Waals surface area contributed by atoms with Crippen LogP contribution < -0.4 is 11.1 Å². The second kappa shape index (κ2) is 8.03. The van der Waals surface area contributed by atoms with Crippen LogP contribution in [0.4, 0.5) is 24.5 Å². The summed E-state index contributed by atoms with van der Waals surface area (Å²) < 4.78 is 65.6. The SMILES string of the molecule is Nc1ccc(C(=O)Nc2cc(F)c(F)c(F)c2)cc1S(=O)(=O)[C@H]1CC[C@H](O)CC1. The number of carbonyl (C=O) groups excluding carboxylic acids is 1. The lowest BCUT2D eigenvalue weighted by Gasteiger charge is -2.25. The van der Waals surface area contributed by atoms with Gasteiger partial charge in [-0.15, -0.1) is 0 Å². The quantitative estimate of drug-likeness (QED) is 0.512. The first-order chi connectivity index (χ1) is 13.6. The number of anilines is 2. The lowest BCUT2D eigenvalue weighted by Crippen LogP contribution is -2.29. The van der Waals surface area contributed by atoms with Crippen molar-refractivity contribution in [2.45, 2.75) is 41.9 Å². The van der Waals surface area contributed by atoms with Gasteiger partial charge in [-0.2, -0.15) is 0 Å². The molecule has 0 bridgehead atoms. The third kappa shape index (κ3) is 4.38. The van der Waals surface area contributed by atoms with Crippen molar-refractivity contribution in [3.8, 4) is 0 Å². The van der Waals surface area contributed by atoms with Gasteiger partial charge in [0.2, 0.25) is 0 Å². The van der Waals surface area contributed by atoms with Gasteiger partial charge < -0.3 is 16.2 Å². The van der Waals surface area contributed by atoms with Crippen LogP contribution in [-0.2, 0) is 9.84 Å². The molecule has 3 rings (SSSR count).